The lowest BCUT2D eigenvalue weighted by atomic mass is 10.2. The Kier molecular flexibility index (Phi) is 6.69. The van der Waals surface area contributed by atoms with E-state index in [1.165, 1.54) is 0 Å². The molecule has 24 heavy (non-hydrogen) atoms. The summed E-state index contributed by atoms with van der Waals surface area (Å²) in [6.07, 6.45) is 1.74. The summed E-state index contributed by atoms with van der Waals surface area (Å²) in [4.78, 5) is 23.5. The zero-order valence-corrected chi connectivity index (χ0v) is 14.8. The molecule has 0 aliphatic carbocycles. The highest BCUT2D eigenvalue weighted by molar-refractivity contribution is 9.10. The normalized spacial score (nSPS) is 10.6. The Morgan fingerprint density at radius 3 is 2.29 bits per heavy atom. The van der Waals surface area contributed by atoms with Gasteiger partial charge < -0.3 is 5.32 Å². The minimum atomic E-state index is -0.303. The number of rotatable bonds is 6. The molecule has 0 atom stereocenters. The molecule has 0 aliphatic heterocycles. The number of carbonyl (C=O) groups is 2. The quantitative estimate of drug-likeness (QED) is 0.586. The SMILES string of the molecule is Cc1ccc(NC(=O)CCC(=O)N/N=C\c2ccc(Br)cc2)cc1. The lowest BCUT2D eigenvalue weighted by molar-refractivity contribution is -0.124. The second-order valence-electron chi connectivity index (χ2n) is 5.26. The molecule has 5 nitrogen and oxygen atoms in total. The first-order chi connectivity index (χ1) is 11.5. The number of hydrazone groups is 1. The molecular formula is C18H18BrN3O2. The summed E-state index contributed by atoms with van der Waals surface area (Å²) in [5, 5.41) is 6.62. The molecule has 124 valence electrons. The minimum absolute atomic E-state index is 0.0787. The summed E-state index contributed by atoms with van der Waals surface area (Å²) in [7, 11) is 0. The van der Waals surface area contributed by atoms with E-state index in [0.29, 0.717) is 0 Å². The van der Waals surface area contributed by atoms with Crippen LogP contribution < -0.4 is 10.7 Å². The van der Waals surface area contributed by atoms with Gasteiger partial charge in [0.05, 0.1) is 6.21 Å². The Morgan fingerprint density at radius 1 is 1.00 bits per heavy atom. The average molecular weight is 388 g/mol. The lowest BCUT2D eigenvalue weighted by Crippen LogP contribution is -2.20. The van der Waals surface area contributed by atoms with Gasteiger partial charge in [0, 0.05) is 23.0 Å². The number of aryl methyl sites for hydroxylation is 1. The van der Waals surface area contributed by atoms with Crippen LogP contribution >= 0.6 is 15.9 Å². The highest BCUT2D eigenvalue weighted by Crippen LogP contribution is 2.10. The highest BCUT2D eigenvalue weighted by Gasteiger charge is 2.06. The van der Waals surface area contributed by atoms with Crippen LogP contribution in [0.3, 0.4) is 0 Å². The van der Waals surface area contributed by atoms with Gasteiger partial charge in [-0.1, -0.05) is 45.8 Å². The molecule has 2 aromatic carbocycles. The monoisotopic (exact) mass is 387 g/mol. The summed E-state index contributed by atoms with van der Waals surface area (Å²) in [5.74, 6) is -0.506. The van der Waals surface area contributed by atoms with E-state index in [0.717, 1.165) is 21.3 Å². The number of halogens is 1. The van der Waals surface area contributed by atoms with Crippen LogP contribution in [-0.2, 0) is 9.59 Å². The second-order valence-corrected chi connectivity index (χ2v) is 6.17. The van der Waals surface area contributed by atoms with E-state index in [9.17, 15) is 9.59 Å². The molecule has 2 amide bonds. The lowest BCUT2D eigenvalue weighted by Gasteiger charge is -2.05. The Bertz CT molecular complexity index is 725. The Labute approximate surface area is 149 Å². The molecule has 2 N–H and O–H groups in total. The second kappa shape index (κ2) is 8.98. The number of benzene rings is 2. The van der Waals surface area contributed by atoms with Gasteiger partial charge in [0.2, 0.25) is 11.8 Å². The summed E-state index contributed by atoms with van der Waals surface area (Å²) < 4.78 is 0.975. The largest absolute Gasteiger partial charge is 0.326 e. The van der Waals surface area contributed by atoms with Crippen LogP contribution in [0, 0.1) is 6.92 Å². The minimum Gasteiger partial charge on any atom is -0.326 e. The molecule has 0 spiro atoms. The number of nitrogens with one attached hydrogen (secondary N) is 2. The summed E-state index contributed by atoms with van der Waals surface area (Å²) in [6.45, 7) is 1.98. The number of nitrogens with zero attached hydrogens (tertiary/aromatic N) is 1. The van der Waals surface area contributed by atoms with Crippen molar-refractivity contribution in [2.45, 2.75) is 19.8 Å². The topological polar surface area (TPSA) is 70.6 Å². The zero-order chi connectivity index (χ0) is 17.4. The van der Waals surface area contributed by atoms with Crippen LogP contribution in [0.15, 0.2) is 58.1 Å². The van der Waals surface area contributed by atoms with Gasteiger partial charge in [-0.3, -0.25) is 9.59 Å². The van der Waals surface area contributed by atoms with Gasteiger partial charge in [0.15, 0.2) is 0 Å². The van der Waals surface area contributed by atoms with Crippen LogP contribution in [-0.4, -0.2) is 18.0 Å². The van der Waals surface area contributed by atoms with E-state index >= 15 is 0 Å². The molecule has 2 aromatic rings. The number of anilines is 1. The Hall–Kier alpha value is -2.47. The molecule has 0 radical (unpaired) electrons. The van der Waals surface area contributed by atoms with Crippen molar-refractivity contribution in [2.24, 2.45) is 5.10 Å². The highest BCUT2D eigenvalue weighted by atomic mass is 79.9. The van der Waals surface area contributed by atoms with Gasteiger partial charge >= 0.3 is 0 Å². The van der Waals surface area contributed by atoms with E-state index in [-0.39, 0.29) is 24.7 Å². The molecule has 0 unspecified atom stereocenters. The molecule has 0 fully saturated rings. The summed E-state index contributed by atoms with van der Waals surface area (Å²) in [6, 6.07) is 15.0. The number of hydrogen-bond acceptors (Lipinski definition) is 3. The maximum Gasteiger partial charge on any atom is 0.240 e. The van der Waals surface area contributed by atoms with Gasteiger partial charge in [-0.15, -0.1) is 0 Å². The maximum atomic E-state index is 11.8. The van der Waals surface area contributed by atoms with Crippen molar-refractivity contribution < 1.29 is 9.59 Å². The molecule has 2 rings (SSSR count). The fourth-order valence-corrected chi connectivity index (χ4v) is 2.14. The molecule has 0 saturated carbocycles. The maximum absolute atomic E-state index is 11.8. The predicted octanol–water partition coefficient (Wildman–Crippen LogP) is 3.63. The van der Waals surface area contributed by atoms with Crippen molar-refractivity contribution in [1.29, 1.82) is 0 Å². The van der Waals surface area contributed by atoms with Crippen LogP contribution in [0.2, 0.25) is 0 Å². The van der Waals surface area contributed by atoms with Gasteiger partial charge in [0.25, 0.3) is 0 Å². The van der Waals surface area contributed by atoms with Crippen molar-refractivity contribution >= 4 is 39.6 Å². The predicted molar refractivity (Wildman–Crippen MR) is 98.9 cm³/mol. The average Bonchev–Trinajstić information content (AvgIpc) is 2.57. The Morgan fingerprint density at radius 2 is 1.62 bits per heavy atom. The van der Waals surface area contributed by atoms with E-state index in [1.54, 1.807) is 6.21 Å². The van der Waals surface area contributed by atoms with Crippen molar-refractivity contribution in [2.75, 3.05) is 5.32 Å². The van der Waals surface area contributed by atoms with E-state index in [4.69, 9.17) is 0 Å². The standard InChI is InChI=1S/C18H18BrN3O2/c1-13-2-8-16(9-3-13)21-17(23)10-11-18(24)22-20-12-14-4-6-15(19)7-5-14/h2-9,12H,10-11H2,1H3,(H,21,23)(H,22,24)/b20-12-. The number of amides is 2. The third-order valence-electron chi connectivity index (χ3n) is 3.19. The third-order valence-corrected chi connectivity index (χ3v) is 3.72. The summed E-state index contributed by atoms with van der Waals surface area (Å²) in [5.41, 5.74) is 5.13. The van der Waals surface area contributed by atoms with E-state index in [2.05, 4.69) is 31.8 Å². The zero-order valence-electron chi connectivity index (χ0n) is 13.3. The smallest absolute Gasteiger partial charge is 0.240 e. The molecule has 0 bridgehead atoms. The Balaban J connectivity index is 1.71. The van der Waals surface area contributed by atoms with Crippen LogP contribution in [0.1, 0.15) is 24.0 Å². The molecule has 0 saturated heterocycles. The first-order valence-corrected chi connectivity index (χ1v) is 8.26. The first-order valence-electron chi connectivity index (χ1n) is 7.47. The molecule has 6 heteroatoms. The molecule has 0 heterocycles. The van der Waals surface area contributed by atoms with Gasteiger partial charge in [-0.05, 0) is 36.8 Å². The van der Waals surface area contributed by atoms with Crippen molar-refractivity contribution in [1.82, 2.24) is 5.43 Å². The van der Waals surface area contributed by atoms with Crippen LogP contribution in [0.5, 0.6) is 0 Å². The van der Waals surface area contributed by atoms with Crippen molar-refractivity contribution in [3.63, 3.8) is 0 Å². The molecule has 0 aromatic heterocycles. The van der Waals surface area contributed by atoms with Gasteiger partial charge in [-0.25, -0.2) is 5.43 Å². The van der Waals surface area contributed by atoms with Crippen LogP contribution in [0.4, 0.5) is 5.69 Å². The van der Waals surface area contributed by atoms with Gasteiger partial charge in [0.1, 0.15) is 0 Å². The fraction of sp³-hybridized carbons (Fsp3) is 0.167. The fourth-order valence-electron chi connectivity index (χ4n) is 1.87. The van der Waals surface area contributed by atoms with Gasteiger partial charge in [-0.2, -0.15) is 5.10 Å². The third kappa shape index (κ3) is 6.34. The molecule has 0 aliphatic rings. The molecular weight excluding hydrogens is 370 g/mol. The van der Waals surface area contributed by atoms with E-state index in [1.807, 2.05) is 55.5 Å². The first kappa shape index (κ1) is 17.9. The number of carbonyl (C=O) groups excluding carboxylic acids is 2. The summed E-state index contributed by atoms with van der Waals surface area (Å²) >= 11 is 3.35. The van der Waals surface area contributed by atoms with Crippen LogP contribution in [0.25, 0.3) is 0 Å². The van der Waals surface area contributed by atoms with E-state index < -0.39 is 0 Å². The number of hydrogen-bond donors (Lipinski definition) is 2. The van der Waals surface area contributed by atoms with Crippen molar-refractivity contribution in [3.05, 3.63) is 64.1 Å². The van der Waals surface area contributed by atoms with Crippen molar-refractivity contribution in [3.8, 4) is 0 Å².